The van der Waals surface area contributed by atoms with Crippen LogP contribution < -0.4 is 0 Å². The summed E-state index contributed by atoms with van der Waals surface area (Å²) < 4.78 is 27.3. The Morgan fingerprint density at radius 3 is 2.15 bits per heavy atom. The Kier molecular flexibility index (Phi) is 4.35. The van der Waals surface area contributed by atoms with E-state index >= 15 is 0 Å². The molecule has 6 heteroatoms. The molecule has 0 aromatic rings. The molecular weight excluding hydrogens is 196 g/mol. The Bertz CT molecular complexity index is 267. The van der Waals surface area contributed by atoms with Crippen LogP contribution >= 0.6 is 0 Å². The molecule has 13 heavy (non-hydrogen) atoms. The van der Waals surface area contributed by atoms with Crippen molar-refractivity contribution in [1.82, 2.24) is 0 Å². The quantitative estimate of drug-likeness (QED) is 0.685. The van der Waals surface area contributed by atoms with Crippen LogP contribution in [0.3, 0.4) is 0 Å². The molecule has 0 bridgehead atoms. The molecule has 0 aliphatic carbocycles. The van der Waals surface area contributed by atoms with Gasteiger partial charge in [-0.3, -0.25) is 4.79 Å². The van der Waals surface area contributed by atoms with Crippen molar-refractivity contribution in [3.8, 4) is 0 Å². The van der Waals surface area contributed by atoms with Crippen molar-refractivity contribution in [3.63, 3.8) is 0 Å². The molecule has 5 nitrogen and oxygen atoms in total. The van der Waals surface area contributed by atoms with Gasteiger partial charge in [0.25, 0.3) is 0 Å². The van der Waals surface area contributed by atoms with E-state index in [1.165, 1.54) is 21.0 Å². The molecule has 0 saturated carbocycles. The van der Waals surface area contributed by atoms with Gasteiger partial charge in [-0.1, -0.05) is 0 Å². The summed E-state index contributed by atoms with van der Waals surface area (Å²) in [6, 6.07) is 0. The number of sulfone groups is 1. The van der Waals surface area contributed by atoms with E-state index in [4.69, 9.17) is 5.11 Å². The Morgan fingerprint density at radius 2 is 1.92 bits per heavy atom. The summed E-state index contributed by atoms with van der Waals surface area (Å²) in [5.41, 5.74) is 0. The summed E-state index contributed by atoms with van der Waals surface area (Å²) in [7, 11) is -2.36. The third-order valence-electron chi connectivity index (χ3n) is 1.65. The predicted octanol–water partition coefficient (Wildman–Crippen LogP) is -0.0908. The lowest BCUT2D eigenvalue weighted by Gasteiger charge is -2.14. The van der Waals surface area contributed by atoms with Crippen molar-refractivity contribution in [1.29, 1.82) is 0 Å². The van der Waals surface area contributed by atoms with E-state index in [2.05, 4.69) is 4.74 Å². The van der Waals surface area contributed by atoms with Gasteiger partial charge in [0.05, 0.1) is 11.9 Å². The first-order valence-electron chi connectivity index (χ1n) is 3.78. The molecule has 1 unspecified atom stereocenters. The lowest BCUT2D eigenvalue weighted by atomic mass is 10.4. The van der Waals surface area contributed by atoms with Gasteiger partial charge in [-0.25, -0.2) is 8.42 Å². The van der Waals surface area contributed by atoms with Gasteiger partial charge in [-0.05, 0) is 13.8 Å². The summed E-state index contributed by atoms with van der Waals surface area (Å²) in [6.45, 7) is 2.58. The van der Waals surface area contributed by atoms with E-state index in [1.54, 1.807) is 0 Å². The summed E-state index contributed by atoms with van der Waals surface area (Å²) in [5.74, 6) is -1.37. The number of carboxylic acid groups (broad SMARTS) is 1. The van der Waals surface area contributed by atoms with Gasteiger partial charge in [0, 0.05) is 7.11 Å². The highest BCUT2D eigenvalue weighted by molar-refractivity contribution is 7.93. The molecule has 0 saturated heterocycles. The minimum Gasteiger partial charge on any atom is -0.480 e. The number of aliphatic carboxylic acids is 1. The summed E-state index contributed by atoms with van der Waals surface area (Å²) in [4.78, 5) is 10.6. The molecule has 1 atom stereocenters. The van der Waals surface area contributed by atoms with E-state index in [-0.39, 0.29) is 6.61 Å². The van der Waals surface area contributed by atoms with Crippen LogP contribution in [0.5, 0.6) is 0 Å². The highest BCUT2D eigenvalue weighted by atomic mass is 32.2. The molecule has 1 N–H and O–H groups in total. The maximum absolute atomic E-state index is 11.4. The topological polar surface area (TPSA) is 80.7 Å². The van der Waals surface area contributed by atoms with Gasteiger partial charge >= 0.3 is 5.97 Å². The van der Waals surface area contributed by atoms with Crippen LogP contribution in [-0.4, -0.2) is 43.7 Å². The average molecular weight is 210 g/mol. The molecule has 0 aromatic carbocycles. The molecule has 0 heterocycles. The van der Waals surface area contributed by atoms with Gasteiger partial charge in [-0.2, -0.15) is 0 Å². The van der Waals surface area contributed by atoms with Gasteiger partial charge in [0.2, 0.25) is 0 Å². The first-order chi connectivity index (χ1) is 5.84. The fraction of sp³-hybridized carbons (Fsp3) is 0.857. The van der Waals surface area contributed by atoms with Crippen molar-refractivity contribution in [3.05, 3.63) is 0 Å². The molecule has 0 amide bonds. The monoisotopic (exact) mass is 210 g/mol. The summed E-state index contributed by atoms with van der Waals surface area (Å²) in [6.07, 6.45) is 0. The van der Waals surface area contributed by atoms with Crippen LogP contribution in [0.25, 0.3) is 0 Å². The number of hydrogen-bond acceptors (Lipinski definition) is 4. The minimum absolute atomic E-state index is 0.310. The Labute approximate surface area is 77.6 Å². The van der Waals surface area contributed by atoms with Crippen molar-refractivity contribution in [2.75, 3.05) is 13.7 Å². The van der Waals surface area contributed by atoms with E-state index in [9.17, 15) is 13.2 Å². The molecule has 0 aliphatic heterocycles. The highest BCUT2D eigenvalue weighted by Crippen LogP contribution is 2.09. The van der Waals surface area contributed by atoms with Crippen molar-refractivity contribution in [2.24, 2.45) is 0 Å². The second kappa shape index (κ2) is 4.57. The van der Waals surface area contributed by atoms with Crippen LogP contribution in [0, 0.1) is 0 Å². The number of methoxy groups -OCH3 is 1. The molecule has 0 rings (SSSR count). The van der Waals surface area contributed by atoms with Gasteiger partial charge in [-0.15, -0.1) is 0 Å². The van der Waals surface area contributed by atoms with Gasteiger partial charge in [0.1, 0.15) is 0 Å². The Hall–Kier alpha value is -0.620. The van der Waals surface area contributed by atoms with Gasteiger partial charge in [0.15, 0.2) is 15.1 Å². The molecule has 0 aromatic heterocycles. The molecular formula is C7H14O5S. The average Bonchev–Trinajstić information content (AvgIpc) is 1.98. The lowest BCUT2D eigenvalue weighted by molar-refractivity contribution is -0.137. The first kappa shape index (κ1) is 12.4. The van der Waals surface area contributed by atoms with Crippen molar-refractivity contribution < 1.29 is 23.1 Å². The van der Waals surface area contributed by atoms with E-state index < -0.39 is 26.3 Å². The van der Waals surface area contributed by atoms with Gasteiger partial charge < -0.3 is 9.84 Å². The zero-order valence-electron chi connectivity index (χ0n) is 7.85. The number of carboxylic acids is 1. The van der Waals surface area contributed by atoms with Crippen LogP contribution in [0.15, 0.2) is 0 Å². The van der Waals surface area contributed by atoms with Crippen molar-refractivity contribution >= 4 is 15.8 Å². The van der Waals surface area contributed by atoms with Crippen LogP contribution in [0.1, 0.15) is 13.8 Å². The third-order valence-corrected chi connectivity index (χ3v) is 4.09. The smallest absolute Gasteiger partial charge is 0.324 e. The predicted molar refractivity (Wildman–Crippen MR) is 47.4 cm³/mol. The number of rotatable bonds is 5. The zero-order chi connectivity index (χ0) is 10.6. The zero-order valence-corrected chi connectivity index (χ0v) is 8.67. The summed E-state index contributed by atoms with van der Waals surface area (Å²) in [5, 5.41) is 6.46. The van der Waals surface area contributed by atoms with Crippen molar-refractivity contribution in [2.45, 2.75) is 24.3 Å². The number of hydrogen-bond donors (Lipinski definition) is 1. The standard InChI is InChI=1S/C7H14O5S/c1-5(2)13(10,11)6(4-12-3)7(8)9/h5-6H,4H2,1-3H3,(H,8,9). The molecule has 0 fully saturated rings. The van der Waals surface area contributed by atoms with E-state index in [0.29, 0.717) is 0 Å². The fourth-order valence-electron chi connectivity index (χ4n) is 0.787. The SMILES string of the molecule is COCC(C(=O)O)S(=O)(=O)C(C)C. The second-order valence-corrected chi connectivity index (χ2v) is 5.61. The molecule has 0 aliphatic rings. The number of carbonyl (C=O) groups is 1. The second-order valence-electron chi connectivity index (χ2n) is 2.92. The molecule has 0 radical (unpaired) electrons. The maximum Gasteiger partial charge on any atom is 0.324 e. The minimum atomic E-state index is -3.62. The van der Waals surface area contributed by atoms with Crippen LogP contribution in [-0.2, 0) is 19.4 Å². The molecule has 0 spiro atoms. The fourth-order valence-corrected chi connectivity index (χ4v) is 2.05. The highest BCUT2D eigenvalue weighted by Gasteiger charge is 2.34. The van der Waals surface area contributed by atoms with E-state index in [0.717, 1.165) is 0 Å². The molecule has 78 valence electrons. The number of ether oxygens (including phenoxy) is 1. The summed E-state index contributed by atoms with van der Waals surface area (Å²) >= 11 is 0. The normalized spacial score (nSPS) is 14.5. The van der Waals surface area contributed by atoms with Crippen LogP contribution in [0.4, 0.5) is 0 Å². The first-order valence-corrected chi connectivity index (χ1v) is 5.39. The Morgan fingerprint density at radius 1 is 1.46 bits per heavy atom. The lowest BCUT2D eigenvalue weighted by Crippen LogP contribution is -2.38. The van der Waals surface area contributed by atoms with E-state index in [1.807, 2.05) is 0 Å². The van der Waals surface area contributed by atoms with Crippen LogP contribution in [0.2, 0.25) is 0 Å². The maximum atomic E-state index is 11.4. The Balaban J connectivity index is 4.85. The largest absolute Gasteiger partial charge is 0.480 e. The third kappa shape index (κ3) is 2.96.